The van der Waals surface area contributed by atoms with E-state index in [0.29, 0.717) is 5.56 Å². The lowest BCUT2D eigenvalue weighted by atomic mass is 10.2. The van der Waals surface area contributed by atoms with Crippen LogP contribution < -0.4 is 5.32 Å². The van der Waals surface area contributed by atoms with E-state index < -0.39 is 0 Å². The third kappa shape index (κ3) is 1.92. The number of hydrogen-bond donors (Lipinski definition) is 1. The molecule has 3 heterocycles. The Kier molecular flexibility index (Phi) is 2.74. The van der Waals surface area contributed by atoms with Crippen LogP contribution in [-0.2, 0) is 6.54 Å². The topological polar surface area (TPSA) is 79.4 Å². The highest BCUT2D eigenvalue weighted by molar-refractivity contribution is 7.21. The molecule has 6 nitrogen and oxygen atoms in total. The highest BCUT2D eigenvalue weighted by Crippen LogP contribution is 2.31. The number of benzene rings is 1. The van der Waals surface area contributed by atoms with Crippen LogP contribution in [0.5, 0.6) is 0 Å². The van der Waals surface area contributed by atoms with Gasteiger partial charge in [0.1, 0.15) is 5.82 Å². The van der Waals surface area contributed by atoms with Crippen LogP contribution in [0.4, 0.5) is 0 Å². The first-order valence-corrected chi connectivity index (χ1v) is 7.55. The Morgan fingerprint density at radius 1 is 1.43 bits per heavy atom. The zero-order valence-corrected chi connectivity index (χ0v) is 12.2. The number of nitrogens with one attached hydrogen (secondary N) is 1. The summed E-state index contributed by atoms with van der Waals surface area (Å²) in [6.45, 7) is 3.84. The zero-order chi connectivity index (χ0) is 14.4. The van der Waals surface area contributed by atoms with Crippen LogP contribution in [0.1, 0.15) is 24.4 Å². The molecule has 7 heteroatoms. The van der Waals surface area contributed by atoms with E-state index in [4.69, 9.17) is 5.26 Å². The van der Waals surface area contributed by atoms with Gasteiger partial charge in [0.2, 0.25) is 0 Å². The van der Waals surface area contributed by atoms with Crippen molar-refractivity contribution in [1.29, 1.82) is 5.26 Å². The normalized spacial score (nSPS) is 17.6. The van der Waals surface area contributed by atoms with E-state index in [0.717, 1.165) is 40.0 Å². The van der Waals surface area contributed by atoms with Gasteiger partial charge in [0.05, 0.1) is 27.9 Å². The fourth-order valence-corrected chi connectivity index (χ4v) is 3.59. The van der Waals surface area contributed by atoms with Crippen molar-refractivity contribution in [3.63, 3.8) is 0 Å². The maximum Gasteiger partial charge on any atom is 0.193 e. The molecule has 21 heavy (non-hydrogen) atoms. The molecular weight excluding hydrogens is 284 g/mol. The maximum atomic E-state index is 8.98. The summed E-state index contributed by atoms with van der Waals surface area (Å²) in [7, 11) is 0. The van der Waals surface area contributed by atoms with Gasteiger partial charge in [0.15, 0.2) is 10.8 Å². The number of nitriles is 1. The van der Waals surface area contributed by atoms with E-state index in [9.17, 15) is 0 Å². The quantitative estimate of drug-likeness (QED) is 0.744. The summed E-state index contributed by atoms with van der Waals surface area (Å²) in [4.78, 5) is 4.63. The van der Waals surface area contributed by atoms with Crippen molar-refractivity contribution in [1.82, 2.24) is 25.1 Å². The lowest BCUT2D eigenvalue weighted by Crippen LogP contribution is -2.32. The van der Waals surface area contributed by atoms with Crippen molar-refractivity contribution in [3.05, 3.63) is 29.6 Å². The van der Waals surface area contributed by atoms with E-state index in [1.807, 2.05) is 12.1 Å². The molecule has 0 aliphatic carbocycles. The fourth-order valence-electron chi connectivity index (χ4n) is 2.59. The van der Waals surface area contributed by atoms with Crippen LogP contribution in [0.2, 0.25) is 0 Å². The molecule has 0 radical (unpaired) electrons. The number of fused-ring (bicyclic) bond motifs is 2. The largest absolute Gasteiger partial charge is 0.306 e. The molecule has 0 saturated carbocycles. The minimum Gasteiger partial charge on any atom is -0.306 e. The van der Waals surface area contributed by atoms with Crippen molar-refractivity contribution in [2.75, 3.05) is 6.54 Å². The molecule has 0 spiro atoms. The highest BCUT2D eigenvalue weighted by atomic mass is 32.1. The van der Waals surface area contributed by atoms with Gasteiger partial charge in [0.25, 0.3) is 0 Å². The van der Waals surface area contributed by atoms with E-state index >= 15 is 0 Å². The second-order valence-electron chi connectivity index (χ2n) is 5.02. The molecule has 0 unspecified atom stereocenters. The van der Waals surface area contributed by atoms with Gasteiger partial charge < -0.3 is 9.88 Å². The first kappa shape index (κ1) is 12.4. The molecule has 104 valence electrons. The first-order chi connectivity index (χ1) is 10.3. The maximum absolute atomic E-state index is 8.98. The second kappa shape index (κ2) is 4.62. The van der Waals surface area contributed by atoms with E-state index in [2.05, 4.69) is 38.1 Å². The smallest absolute Gasteiger partial charge is 0.193 e. The predicted octanol–water partition coefficient (Wildman–Crippen LogP) is 2.09. The highest BCUT2D eigenvalue weighted by Gasteiger charge is 2.23. The number of aromatic nitrogens is 4. The van der Waals surface area contributed by atoms with Gasteiger partial charge in [-0.15, -0.1) is 21.5 Å². The average Bonchev–Trinajstić information content (AvgIpc) is 3.10. The van der Waals surface area contributed by atoms with Crippen molar-refractivity contribution < 1.29 is 0 Å². The van der Waals surface area contributed by atoms with Crippen molar-refractivity contribution in [2.24, 2.45) is 0 Å². The summed E-state index contributed by atoms with van der Waals surface area (Å²) in [5.41, 5.74) is 1.55. The summed E-state index contributed by atoms with van der Waals surface area (Å²) in [5, 5.41) is 21.8. The zero-order valence-electron chi connectivity index (χ0n) is 11.4. The third-order valence-corrected chi connectivity index (χ3v) is 4.68. The number of thiazole rings is 1. The Balaban J connectivity index is 1.86. The number of hydrogen-bond acceptors (Lipinski definition) is 6. The molecule has 1 aliphatic rings. The Labute approximate surface area is 125 Å². The molecule has 2 aromatic heterocycles. The lowest BCUT2D eigenvalue weighted by molar-refractivity contribution is 0.439. The van der Waals surface area contributed by atoms with Crippen LogP contribution in [-0.4, -0.2) is 26.3 Å². The van der Waals surface area contributed by atoms with Gasteiger partial charge in [-0.25, -0.2) is 4.98 Å². The third-order valence-electron chi connectivity index (χ3n) is 3.66. The van der Waals surface area contributed by atoms with Crippen LogP contribution in [0.25, 0.3) is 21.0 Å². The Bertz CT molecular complexity index is 871. The lowest BCUT2D eigenvalue weighted by Gasteiger charge is -2.21. The summed E-state index contributed by atoms with van der Waals surface area (Å²) < 4.78 is 3.13. The van der Waals surface area contributed by atoms with Crippen LogP contribution in [0.3, 0.4) is 0 Å². The summed E-state index contributed by atoms with van der Waals surface area (Å²) in [5.74, 6) is 1.77. The van der Waals surface area contributed by atoms with Gasteiger partial charge in [-0.3, -0.25) is 0 Å². The number of nitrogens with zero attached hydrogens (tertiary/aromatic N) is 5. The summed E-state index contributed by atoms with van der Waals surface area (Å²) in [6.07, 6.45) is 0. The minimum atomic E-state index is 0.208. The van der Waals surface area contributed by atoms with Gasteiger partial charge in [-0.05, 0) is 25.1 Å². The van der Waals surface area contributed by atoms with Crippen molar-refractivity contribution >= 4 is 21.6 Å². The second-order valence-corrected chi connectivity index (χ2v) is 6.05. The monoisotopic (exact) mass is 296 g/mol. The first-order valence-electron chi connectivity index (χ1n) is 6.74. The van der Waals surface area contributed by atoms with Crippen molar-refractivity contribution in [3.8, 4) is 16.9 Å². The molecule has 1 aromatic carbocycles. The molecule has 1 aliphatic heterocycles. The van der Waals surface area contributed by atoms with E-state index in [-0.39, 0.29) is 6.04 Å². The Morgan fingerprint density at radius 2 is 2.33 bits per heavy atom. The summed E-state index contributed by atoms with van der Waals surface area (Å²) in [6, 6.07) is 7.90. The molecular formula is C14H12N6S. The molecule has 4 rings (SSSR count). The summed E-state index contributed by atoms with van der Waals surface area (Å²) >= 11 is 1.55. The SMILES string of the molecule is C[C@H]1NCCn2c(-c3nc4ccc(C#N)cc4s3)nnc21. The van der Waals surface area contributed by atoms with Crippen molar-refractivity contribution in [2.45, 2.75) is 19.5 Å². The van der Waals surface area contributed by atoms with Crippen LogP contribution >= 0.6 is 11.3 Å². The molecule has 0 saturated heterocycles. The molecule has 0 fully saturated rings. The Morgan fingerprint density at radius 3 is 3.19 bits per heavy atom. The van der Waals surface area contributed by atoms with Gasteiger partial charge >= 0.3 is 0 Å². The van der Waals surface area contributed by atoms with E-state index in [1.165, 1.54) is 0 Å². The molecule has 1 atom stereocenters. The van der Waals surface area contributed by atoms with Gasteiger partial charge in [0, 0.05) is 13.1 Å². The predicted molar refractivity (Wildman–Crippen MR) is 79.8 cm³/mol. The number of rotatable bonds is 1. The van der Waals surface area contributed by atoms with Crippen LogP contribution in [0, 0.1) is 11.3 Å². The molecule has 0 bridgehead atoms. The van der Waals surface area contributed by atoms with Gasteiger partial charge in [-0.1, -0.05) is 0 Å². The average molecular weight is 296 g/mol. The van der Waals surface area contributed by atoms with E-state index in [1.54, 1.807) is 17.4 Å². The minimum absolute atomic E-state index is 0.208. The standard InChI is InChI=1S/C14H12N6S/c1-8-12-18-19-13(20(12)5-4-16-8)14-17-10-3-2-9(7-15)6-11(10)21-14/h2-3,6,8,16H,4-5H2,1H3/t8-/m1/s1. The molecule has 3 aromatic rings. The van der Waals surface area contributed by atoms with Crippen LogP contribution in [0.15, 0.2) is 18.2 Å². The molecule has 1 N–H and O–H groups in total. The van der Waals surface area contributed by atoms with Gasteiger partial charge in [-0.2, -0.15) is 5.26 Å². The Hall–Kier alpha value is -2.30. The fraction of sp³-hybridized carbons (Fsp3) is 0.286. The molecule has 0 amide bonds.